The lowest BCUT2D eigenvalue weighted by molar-refractivity contribution is 0.0821. The van der Waals surface area contributed by atoms with Crippen LogP contribution in [0.2, 0.25) is 5.02 Å². The van der Waals surface area contributed by atoms with Crippen molar-refractivity contribution in [3.8, 4) is 11.8 Å². The first-order valence-corrected chi connectivity index (χ1v) is 18.3. The van der Waals surface area contributed by atoms with Gasteiger partial charge in [-0.05, 0) is 61.7 Å². The van der Waals surface area contributed by atoms with Gasteiger partial charge in [-0.2, -0.15) is 15.1 Å². The lowest BCUT2D eigenvalue weighted by Gasteiger charge is -2.35. The Kier molecular flexibility index (Phi) is 8.69. The molecule has 2 aromatic heterocycles. The number of aromatic hydroxyl groups is 1. The average Bonchev–Trinajstić information content (AvgIpc) is 3.68. The van der Waals surface area contributed by atoms with Crippen LogP contribution in [-0.4, -0.2) is 99.2 Å². The van der Waals surface area contributed by atoms with Crippen molar-refractivity contribution < 1.29 is 23.4 Å². The number of carbonyl (C=O) groups excluding carboxylic acids is 1. The summed E-state index contributed by atoms with van der Waals surface area (Å²) in [4.78, 5) is 30.9. The maximum absolute atomic E-state index is 15.1. The number of hydrogen-bond acceptors (Lipinski definition) is 9. The molecule has 270 valence electrons. The number of phenols is 1. The van der Waals surface area contributed by atoms with Gasteiger partial charge in [0.1, 0.15) is 30.2 Å². The zero-order valence-corrected chi connectivity index (χ0v) is 30.0. The molecule has 2 saturated heterocycles. The molecule has 4 aliphatic heterocycles. The van der Waals surface area contributed by atoms with Gasteiger partial charge in [-0.15, -0.1) is 0 Å². The molecule has 0 radical (unpaired) electrons. The van der Waals surface area contributed by atoms with E-state index in [1.165, 1.54) is 11.0 Å². The number of hydrogen-bond donors (Lipinski definition) is 1. The fourth-order valence-electron chi connectivity index (χ4n) is 8.65. The van der Waals surface area contributed by atoms with Crippen LogP contribution in [0.15, 0.2) is 24.3 Å². The van der Waals surface area contributed by atoms with Crippen LogP contribution in [0, 0.1) is 5.82 Å². The van der Waals surface area contributed by atoms with E-state index in [2.05, 4.69) is 19.8 Å². The number of phenolic OH excluding ortho intramolecular Hbond substituents is 1. The number of halogens is 3. The van der Waals surface area contributed by atoms with E-state index in [1.807, 2.05) is 11.6 Å². The molecule has 0 unspecified atom stereocenters. The van der Waals surface area contributed by atoms with E-state index in [1.54, 1.807) is 32.3 Å². The molecular formula is C37H43ClF2N8O3. The maximum atomic E-state index is 15.1. The van der Waals surface area contributed by atoms with Gasteiger partial charge in [0.25, 0.3) is 5.91 Å². The normalized spacial score (nSPS) is 21.8. The van der Waals surface area contributed by atoms with Crippen molar-refractivity contribution in [3.63, 3.8) is 0 Å². The number of carbonyl (C=O) groups is 1. The molecule has 8 rings (SSSR count). The van der Waals surface area contributed by atoms with Gasteiger partial charge in [0.2, 0.25) is 0 Å². The highest BCUT2D eigenvalue weighted by Gasteiger charge is 2.49. The summed E-state index contributed by atoms with van der Waals surface area (Å²) in [5.41, 5.74) is 3.70. The predicted octanol–water partition coefficient (Wildman–Crippen LogP) is 5.52. The van der Waals surface area contributed by atoms with E-state index < -0.39 is 6.17 Å². The molecule has 0 saturated carbocycles. The van der Waals surface area contributed by atoms with Crippen molar-refractivity contribution in [2.75, 3.05) is 56.7 Å². The number of nitrogens with zero attached hydrogens (tertiary/aromatic N) is 8. The Labute approximate surface area is 300 Å². The third-order valence-corrected chi connectivity index (χ3v) is 11.5. The van der Waals surface area contributed by atoms with Crippen molar-refractivity contribution in [1.82, 2.24) is 29.5 Å². The minimum absolute atomic E-state index is 0.109. The number of amides is 1. The van der Waals surface area contributed by atoms with E-state index in [9.17, 15) is 14.3 Å². The Bertz CT molecular complexity index is 2020. The van der Waals surface area contributed by atoms with Gasteiger partial charge in [-0.1, -0.05) is 24.6 Å². The van der Waals surface area contributed by atoms with Crippen LogP contribution >= 0.6 is 11.6 Å². The molecule has 14 heteroatoms. The molecule has 1 amide bonds. The summed E-state index contributed by atoms with van der Waals surface area (Å²) in [5, 5.41) is 17.2. The molecule has 51 heavy (non-hydrogen) atoms. The molecule has 6 heterocycles. The first-order chi connectivity index (χ1) is 24.5. The predicted molar refractivity (Wildman–Crippen MR) is 191 cm³/mol. The number of ether oxygens (including phenoxy) is 1. The molecule has 2 fully saturated rings. The second-order valence-electron chi connectivity index (χ2n) is 14.5. The van der Waals surface area contributed by atoms with Gasteiger partial charge in [-0.3, -0.25) is 14.4 Å². The third kappa shape index (κ3) is 5.91. The van der Waals surface area contributed by atoms with Crippen LogP contribution in [0.1, 0.15) is 65.6 Å². The number of benzene rings is 2. The van der Waals surface area contributed by atoms with Crippen molar-refractivity contribution in [2.45, 2.75) is 76.8 Å². The Morgan fingerprint density at radius 1 is 1.12 bits per heavy atom. The van der Waals surface area contributed by atoms with Crippen molar-refractivity contribution in [1.29, 1.82) is 0 Å². The highest BCUT2D eigenvalue weighted by molar-refractivity contribution is 6.34. The number of rotatable bonds is 7. The minimum atomic E-state index is -0.881. The monoisotopic (exact) mass is 720 g/mol. The van der Waals surface area contributed by atoms with Gasteiger partial charge >= 0.3 is 6.01 Å². The second-order valence-corrected chi connectivity index (χ2v) is 14.9. The Hall–Kier alpha value is -4.23. The Balaban J connectivity index is 1.18. The zero-order valence-electron chi connectivity index (χ0n) is 29.3. The topological polar surface area (TPSA) is 103 Å². The fraction of sp³-hybridized carbons (Fsp3) is 0.514. The van der Waals surface area contributed by atoms with E-state index in [0.717, 1.165) is 65.0 Å². The summed E-state index contributed by atoms with van der Waals surface area (Å²) in [6.45, 7) is 6.13. The average molecular weight is 721 g/mol. The largest absolute Gasteiger partial charge is 0.508 e. The smallest absolute Gasteiger partial charge is 0.318 e. The quantitative estimate of drug-likeness (QED) is 0.265. The maximum Gasteiger partial charge on any atom is 0.318 e. The zero-order chi connectivity index (χ0) is 35.6. The van der Waals surface area contributed by atoms with Crippen LogP contribution in [0.4, 0.5) is 20.3 Å². The van der Waals surface area contributed by atoms with Gasteiger partial charge in [0.15, 0.2) is 5.69 Å². The minimum Gasteiger partial charge on any atom is -0.508 e. The molecule has 4 aliphatic rings. The van der Waals surface area contributed by atoms with Crippen LogP contribution < -0.4 is 14.5 Å². The lowest BCUT2D eigenvalue weighted by atomic mass is 9.95. The summed E-state index contributed by atoms with van der Waals surface area (Å²) >= 11 is 6.85. The second kappa shape index (κ2) is 13.1. The van der Waals surface area contributed by atoms with Crippen molar-refractivity contribution in [2.24, 2.45) is 0 Å². The van der Waals surface area contributed by atoms with Crippen LogP contribution in [0.5, 0.6) is 11.8 Å². The van der Waals surface area contributed by atoms with Crippen LogP contribution in [0.3, 0.4) is 0 Å². The van der Waals surface area contributed by atoms with Crippen LogP contribution in [0.25, 0.3) is 10.8 Å². The Morgan fingerprint density at radius 2 is 1.96 bits per heavy atom. The standard InChI is InChI=1S/C37H43ClF2N8O3/c1-4-25-27(40)8-7-22-15-24(49)16-29(31(22)25)45-14-9-26-28(19-45)41-36(51-21-37-10-5-12-47(37)18-23(39)17-37)42-34(26)46-11-6-13-48-30(20-46)32(38)33(43-48)35(50)44(2)3/h7-8,15-16,23,49H,4-6,9-14,17-21H2,1-3H3/t23-,37+/m1/s1. The summed E-state index contributed by atoms with van der Waals surface area (Å²) in [5.74, 6) is 0.317. The third-order valence-electron chi connectivity index (χ3n) is 11.1. The number of fused-ring (bicyclic) bond motifs is 4. The number of aromatic nitrogens is 4. The highest BCUT2D eigenvalue weighted by Crippen LogP contribution is 2.42. The highest BCUT2D eigenvalue weighted by atomic mass is 35.5. The van der Waals surface area contributed by atoms with E-state index in [4.69, 9.17) is 26.3 Å². The van der Waals surface area contributed by atoms with Gasteiger partial charge in [0, 0.05) is 69.4 Å². The Morgan fingerprint density at radius 3 is 2.76 bits per heavy atom. The van der Waals surface area contributed by atoms with Gasteiger partial charge in [0.05, 0.1) is 35.0 Å². The molecule has 2 aromatic carbocycles. The number of anilines is 2. The van der Waals surface area contributed by atoms with Crippen molar-refractivity contribution >= 4 is 39.8 Å². The fourth-order valence-corrected chi connectivity index (χ4v) is 8.93. The van der Waals surface area contributed by atoms with Crippen LogP contribution in [-0.2, 0) is 32.5 Å². The van der Waals surface area contributed by atoms with E-state index >= 15 is 4.39 Å². The summed E-state index contributed by atoms with van der Waals surface area (Å²) < 4.78 is 38.0. The van der Waals surface area contributed by atoms with Gasteiger partial charge < -0.3 is 24.5 Å². The molecule has 0 spiro atoms. The number of aryl methyl sites for hydroxylation is 2. The van der Waals surface area contributed by atoms with Gasteiger partial charge in [-0.25, -0.2) is 8.78 Å². The van der Waals surface area contributed by atoms with E-state index in [-0.39, 0.29) is 34.7 Å². The first-order valence-electron chi connectivity index (χ1n) is 17.9. The summed E-state index contributed by atoms with van der Waals surface area (Å²) in [6, 6.07) is 6.77. The molecule has 1 N–H and O–H groups in total. The molecule has 0 aliphatic carbocycles. The molecule has 2 atom stereocenters. The SMILES string of the molecule is CCc1c(F)ccc2cc(O)cc(N3CCc4c(nc(OC[C@@]56CCCN5C[C@H](F)C6)nc4N4CCCn5nc(C(=O)N(C)C)c(Cl)c5C4)C3)c12. The lowest BCUT2D eigenvalue weighted by Crippen LogP contribution is -2.43. The summed E-state index contributed by atoms with van der Waals surface area (Å²) in [6.07, 6.45) is 3.26. The van der Waals surface area contributed by atoms with E-state index in [0.29, 0.717) is 75.7 Å². The molecule has 11 nitrogen and oxygen atoms in total. The van der Waals surface area contributed by atoms with Crippen molar-refractivity contribution in [3.05, 3.63) is 63.3 Å². The first kappa shape index (κ1) is 33.9. The molecule has 4 aromatic rings. The summed E-state index contributed by atoms with van der Waals surface area (Å²) in [7, 11) is 3.35. The molecule has 0 bridgehead atoms. The molecular weight excluding hydrogens is 678 g/mol. The number of alkyl halides is 1.